The van der Waals surface area contributed by atoms with E-state index in [1.807, 2.05) is 19.9 Å². The lowest BCUT2D eigenvalue weighted by atomic mass is 9.49. The molecule has 0 aromatic carbocycles. The summed E-state index contributed by atoms with van der Waals surface area (Å²) in [4.78, 5) is 53.7. The molecule has 6 rings (SSSR count). The highest BCUT2D eigenvalue weighted by molar-refractivity contribution is 6.11. The van der Waals surface area contributed by atoms with Crippen molar-refractivity contribution >= 4 is 23.3 Å². The molecule has 10 nitrogen and oxygen atoms in total. The van der Waals surface area contributed by atoms with Crippen LogP contribution in [-0.4, -0.2) is 87.6 Å². The van der Waals surface area contributed by atoms with Gasteiger partial charge in [-0.2, -0.15) is 0 Å². The number of carbonyl (C=O) groups is 4. The normalized spacial score (nSPS) is 46.9. The van der Waals surface area contributed by atoms with Gasteiger partial charge < -0.3 is 28.4 Å². The monoisotopic (exact) mass is 630 g/mol. The molecule has 10 heteroatoms. The fourth-order valence-corrected chi connectivity index (χ4v) is 9.91. The first-order valence-corrected chi connectivity index (χ1v) is 17.0. The van der Waals surface area contributed by atoms with Gasteiger partial charge in [0.1, 0.15) is 36.0 Å². The maximum atomic E-state index is 13.9. The Hall–Kier alpha value is -1.98. The van der Waals surface area contributed by atoms with Crippen LogP contribution in [0.4, 0.5) is 0 Å². The number of rotatable bonds is 6. The van der Waals surface area contributed by atoms with Crippen LogP contribution < -0.4 is 0 Å². The van der Waals surface area contributed by atoms with Crippen LogP contribution in [0.25, 0.3) is 0 Å². The molecule has 0 amide bonds. The summed E-state index contributed by atoms with van der Waals surface area (Å²) in [5.74, 6) is -1.32. The average Bonchev–Trinajstić information content (AvgIpc) is 3.58. The maximum Gasteiger partial charge on any atom is 0.306 e. The molecule has 0 N–H and O–H groups in total. The zero-order valence-corrected chi connectivity index (χ0v) is 27.5. The molecule has 2 aliphatic heterocycles. The largest absolute Gasteiger partial charge is 0.462 e. The molecule has 15 atom stereocenters. The number of allylic oxidation sites excluding steroid dienone is 2. The predicted molar refractivity (Wildman–Crippen MR) is 161 cm³/mol. The van der Waals surface area contributed by atoms with Crippen molar-refractivity contribution in [2.75, 3.05) is 21.3 Å². The number of fused-ring (bicyclic) bond motifs is 8. The van der Waals surface area contributed by atoms with E-state index in [1.165, 1.54) is 0 Å². The quantitative estimate of drug-likeness (QED) is 0.316. The van der Waals surface area contributed by atoms with Crippen LogP contribution in [0.15, 0.2) is 11.6 Å². The van der Waals surface area contributed by atoms with E-state index in [9.17, 15) is 19.2 Å². The molecule has 2 heterocycles. The molecule has 0 radical (unpaired) electrons. The third-order valence-electron chi connectivity index (χ3n) is 12.1. The number of ketones is 3. The van der Waals surface area contributed by atoms with E-state index < -0.39 is 24.2 Å². The zero-order valence-electron chi connectivity index (χ0n) is 27.5. The lowest BCUT2D eigenvalue weighted by molar-refractivity contribution is -0.314. The van der Waals surface area contributed by atoms with Gasteiger partial charge in [-0.1, -0.05) is 13.0 Å². The number of esters is 1. The van der Waals surface area contributed by atoms with Gasteiger partial charge in [-0.25, -0.2) is 0 Å². The molecule has 0 aromatic rings. The first-order chi connectivity index (χ1) is 21.6. The first kappa shape index (κ1) is 32.9. The van der Waals surface area contributed by atoms with Crippen molar-refractivity contribution in [3.05, 3.63) is 11.6 Å². The molecule has 5 fully saturated rings. The van der Waals surface area contributed by atoms with E-state index >= 15 is 0 Å². The summed E-state index contributed by atoms with van der Waals surface area (Å²) in [6.07, 6.45) is 3.88. The lowest BCUT2D eigenvalue weighted by Gasteiger charge is -2.54. The smallest absolute Gasteiger partial charge is 0.306 e. The summed E-state index contributed by atoms with van der Waals surface area (Å²) in [5.41, 5.74) is 0.553. The summed E-state index contributed by atoms with van der Waals surface area (Å²) >= 11 is 0. The van der Waals surface area contributed by atoms with Crippen LogP contribution in [0.5, 0.6) is 0 Å². The lowest BCUT2D eigenvalue weighted by Crippen LogP contribution is -2.59. The molecule has 4 aliphatic carbocycles. The Morgan fingerprint density at radius 1 is 0.867 bits per heavy atom. The maximum absolute atomic E-state index is 13.9. The van der Waals surface area contributed by atoms with Gasteiger partial charge in [-0.3, -0.25) is 19.2 Å². The van der Waals surface area contributed by atoms with Crippen molar-refractivity contribution in [2.24, 2.45) is 47.3 Å². The summed E-state index contributed by atoms with van der Waals surface area (Å²) in [6, 6.07) is 0. The van der Waals surface area contributed by atoms with Crippen LogP contribution in [0, 0.1) is 47.3 Å². The number of carbonyl (C=O) groups excluding carboxylic acids is 4. The van der Waals surface area contributed by atoms with Gasteiger partial charge in [0.2, 0.25) is 0 Å². The topological polar surface area (TPSA) is 124 Å². The molecule has 6 aliphatic rings. The van der Waals surface area contributed by atoms with Crippen molar-refractivity contribution < 1.29 is 47.6 Å². The highest BCUT2D eigenvalue weighted by Gasteiger charge is 2.64. The van der Waals surface area contributed by atoms with Crippen LogP contribution in [0.3, 0.4) is 0 Å². The van der Waals surface area contributed by atoms with Gasteiger partial charge >= 0.3 is 5.97 Å². The molecule has 250 valence electrons. The molecule has 0 aromatic heterocycles. The Kier molecular flexibility index (Phi) is 9.71. The van der Waals surface area contributed by atoms with Gasteiger partial charge in [0.05, 0.1) is 24.5 Å². The van der Waals surface area contributed by atoms with Gasteiger partial charge in [-0.05, 0) is 81.1 Å². The zero-order chi connectivity index (χ0) is 32.2. The van der Waals surface area contributed by atoms with Gasteiger partial charge in [-0.15, -0.1) is 0 Å². The fraction of sp³-hybridized carbons (Fsp3) is 0.829. The number of hydrogen-bond donors (Lipinski definition) is 0. The van der Waals surface area contributed by atoms with Crippen LogP contribution in [0.2, 0.25) is 0 Å². The Labute approximate surface area is 266 Å². The Bertz CT molecular complexity index is 1200. The summed E-state index contributed by atoms with van der Waals surface area (Å²) in [6.45, 7) is 5.62. The van der Waals surface area contributed by atoms with Crippen LogP contribution in [-0.2, 0) is 47.6 Å². The van der Waals surface area contributed by atoms with Crippen molar-refractivity contribution in [1.82, 2.24) is 0 Å². The summed E-state index contributed by atoms with van der Waals surface area (Å²) in [5, 5.41) is 0. The van der Waals surface area contributed by atoms with Crippen LogP contribution in [0.1, 0.15) is 72.1 Å². The number of ether oxygens (including phenoxy) is 6. The van der Waals surface area contributed by atoms with Crippen molar-refractivity contribution in [2.45, 2.75) is 115 Å². The molecule has 0 bridgehead atoms. The van der Waals surface area contributed by atoms with Gasteiger partial charge in [0.15, 0.2) is 12.1 Å². The minimum absolute atomic E-state index is 0.0470. The van der Waals surface area contributed by atoms with Crippen molar-refractivity contribution in [3.8, 4) is 0 Å². The molecule has 2 unspecified atom stereocenters. The Morgan fingerprint density at radius 3 is 2.24 bits per heavy atom. The van der Waals surface area contributed by atoms with E-state index in [1.54, 1.807) is 28.3 Å². The highest BCUT2D eigenvalue weighted by Crippen LogP contribution is 2.64. The van der Waals surface area contributed by atoms with E-state index in [0.717, 1.165) is 12.8 Å². The Morgan fingerprint density at radius 2 is 1.58 bits per heavy atom. The molecule has 3 saturated carbocycles. The standard InChI is InChI=1S/C35H50O10/c1-7-18-9-8-10-26(36)16(2)31(39)25-13-22-20-11-19(45-35-34(42-6)33(41-5)32(40-4)17(3)43-35)12-21(20)23-14-27(37)30(23)29(22)24(25)15-28(38)44-18/h13,16-24,29-30,32-35H,7-12,14-15H2,1-6H3/t16-,17?,18+,19+,20-,21-,22+,23+,24-,29-,30-,32+,33?,34+,35+/m1/s1. The van der Waals surface area contributed by atoms with Gasteiger partial charge in [0, 0.05) is 46.0 Å². The minimum atomic E-state index is -0.765. The number of hydrogen-bond acceptors (Lipinski definition) is 10. The van der Waals surface area contributed by atoms with E-state index in [-0.39, 0.29) is 102 Å². The molecular formula is C35H50O10. The van der Waals surface area contributed by atoms with Crippen LogP contribution >= 0.6 is 0 Å². The van der Waals surface area contributed by atoms with Gasteiger partial charge in [0.25, 0.3) is 0 Å². The second-order valence-corrected chi connectivity index (χ2v) is 14.3. The Balaban J connectivity index is 1.27. The first-order valence-electron chi connectivity index (χ1n) is 17.0. The second kappa shape index (κ2) is 13.3. The number of cyclic esters (lactones) is 1. The highest BCUT2D eigenvalue weighted by atomic mass is 16.7. The minimum Gasteiger partial charge on any atom is -0.462 e. The van der Waals surface area contributed by atoms with Crippen molar-refractivity contribution in [1.29, 1.82) is 0 Å². The van der Waals surface area contributed by atoms with E-state index in [4.69, 9.17) is 28.4 Å². The van der Waals surface area contributed by atoms with E-state index in [2.05, 4.69) is 0 Å². The predicted octanol–water partition coefficient (Wildman–Crippen LogP) is 3.87. The number of methoxy groups -OCH3 is 3. The van der Waals surface area contributed by atoms with E-state index in [0.29, 0.717) is 31.3 Å². The molecular weight excluding hydrogens is 580 g/mol. The SMILES string of the molecule is CC[C@H]1CCCC(=O)[C@@H](C)C(=O)C2=C[C@H]3[C@@H]4C[C@H](O[C@@H]5OC(C)[C@H](OC)C(OC)[C@@H]5OC)C[C@H]4[C@@H]4CC(=O)[C@@H]4[C@H]3[C@@H]2CC(=O)O1. The average molecular weight is 631 g/mol. The number of Topliss-reactive ketones (excluding diaryl/α,β-unsaturated/α-hetero) is 3. The fourth-order valence-electron chi connectivity index (χ4n) is 9.91. The van der Waals surface area contributed by atoms with Crippen molar-refractivity contribution in [3.63, 3.8) is 0 Å². The summed E-state index contributed by atoms with van der Waals surface area (Å²) < 4.78 is 36.1. The molecule has 2 saturated heterocycles. The summed E-state index contributed by atoms with van der Waals surface area (Å²) in [7, 11) is 4.88. The molecule has 45 heavy (non-hydrogen) atoms. The third kappa shape index (κ3) is 5.77. The molecule has 0 spiro atoms. The second-order valence-electron chi connectivity index (χ2n) is 14.3. The third-order valence-corrected chi connectivity index (χ3v) is 12.1.